The molecular formula is C12H16N4O. The number of ether oxygens (including phenoxy) is 1. The van der Waals surface area contributed by atoms with Crippen molar-refractivity contribution in [1.29, 1.82) is 0 Å². The van der Waals surface area contributed by atoms with Crippen molar-refractivity contribution in [3.63, 3.8) is 0 Å². The monoisotopic (exact) mass is 232 g/mol. The third kappa shape index (κ3) is 2.62. The van der Waals surface area contributed by atoms with Crippen molar-refractivity contribution in [3.8, 4) is 0 Å². The molecule has 0 amide bonds. The Morgan fingerprint density at radius 3 is 3.00 bits per heavy atom. The highest BCUT2D eigenvalue weighted by atomic mass is 16.5. The van der Waals surface area contributed by atoms with Crippen molar-refractivity contribution in [2.75, 3.05) is 24.8 Å². The molecule has 1 heterocycles. The lowest BCUT2D eigenvalue weighted by Crippen LogP contribution is -2.21. The molecule has 17 heavy (non-hydrogen) atoms. The van der Waals surface area contributed by atoms with Crippen LogP contribution in [0.15, 0.2) is 24.5 Å². The van der Waals surface area contributed by atoms with E-state index in [0.717, 1.165) is 16.7 Å². The Labute approximate surface area is 100 Å². The molecule has 0 aliphatic rings. The molecule has 0 saturated heterocycles. The first-order valence-electron chi connectivity index (χ1n) is 5.46. The second kappa shape index (κ2) is 4.97. The normalized spacial score (nSPS) is 12.6. The number of rotatable bonds is 4. The van der Waals surface area contributed by atoms with Gasteiger partial charge >= 0.3 is 0 Å². The summed E-state index contributed by atoms with van der Waals surface area (Å²) in [5.74, 6) is 0.805. The smallest absolute Gasteiger partial charge is 0.137 e. The molecule has 5 heteroatoms. The van der Waals surface area contributed by atoms with Gasteiger partial charge in [-0.05, 0) is 25.1 Å². The van der Waals surface area contributed by atoms with Crippen LogP contribution in [-0.2, 0) is 4.74 Å². The fraction of sp³-hybridized carbons (Fsp3) is 0.333. The zero-order valence-corrected chi connectivity index (χ0v) is 9.97. The van der Waals surface area contributed by atoms with Crippen LogP contribution in [0.5, 0.6) is 0 Å². The van der Waals surface area contributed by atoms with Gasteiger partial charge in [-0.3, -0.25) is 0 Å². The van der Waals surface area contributed by atoms with Gasteiger partial charge in [-0.25, -0.2) is 9.97 Å². The average Bonchev–Trinajstić information content (AvgIpc) is 2.29. The predicted octanol–water partition coefficient (Wildman–Crippen LogP) is 1.66. The Morgan fingerprint density at radius 1 is 1.41 bits per heavy atom. The summed E-state index contributed by atoms with van der Waals surface area (Å²) in [6.45, 7) is 2.66. The number of benzene rings is 1. The zero-order valence-electron chi connectivity index (χ0n) is 9.97. The number of nitrogens with one attached hydrogen (secondary N) is 1. The van der Waals surface area contributed by atoms with Crippen molar-refractivity contribution < 1.29 is 4.74 Å². The van der Waals surface area contributed by atoms with Gasteiger partial charge in [0.1, 0.15) is 12.1 Å². The number of anilines is 2. The minimum absolute atomic E-state index is 0.190. The maximum absolute atomic E-state index is 5.72. The fourth-order valence-corrected chi connectivity index (χ4v) is 1.71. The van der Waals surface area contributed by atoms with Crippen molar-refractivity contribution in [1.82, 2.24) is 9.97 Å². The zero-order chi connectivity index (χ0) is 12.3. The molecule has 2 rings (SSSR count). The molecule has 0 bridgehead atoms. The third-order valence-corrected chi connectivity index (χ3v) is 2.46. The van der Waals surface area contributed by atoms with Crippen molar-refractivity contribution in [3.05, 3.63) is 24.5 Å². The highest BCUT2D eigenvalue weighted by molar-refractivity contribution is 5.90. The lowest BCUT2D eigenvalue weighted by molar-refractivity contribution is 0.190. The van der Waals surface area contributed by atoms with Gasteiger partial charge in [0.2, 0.25) is 0 Å². The summed E-state index contributed by atoms with van der Waals surface area (Å²) in [7, 11) is 1.68. The summed E-state index contributed by atoms with van der Waals surface area (Å²) < 4.78 is 5.08. The van der Waals surface area contributed by atoms with Gasteiger partial charge in [-0.2, -0.15) is 0 Å². The molecule has 2 aromatic rings. The van der Waals surface area contributed by atoms with Gasteiger partial charge in [0.15, 0.2) is 0 Å². The van der Waals surface area contributed by atoms with E-state index < -0.39 is 0 Å². The molecule has 0 radical (unpaired) electrons. The molecule has 0 aliphatic carbocycles. The van der Waals surface area contributed by atoms with Crippen LogP contribution in [-0.4, -0.2) is 29.7 Å². The van der Waals surface area contributed by atoms with Crippen LogP contribution in [0, 0.1) is 0 Å². The van der Waals surface area contributed by atoms with E-state index in [9.17, 15) is 0 Å². The third-order valence-electron chi connectivity index (χ3n) is 2.46. The number of nitrogens with zero attached hydrogens (tertiary/aromatic N) is 2. The summed E-state index contributed by atoms with van der Waals surface area (Å²) in [5, 5.41) is 4.25. The summed E-state index contributed by atoms with van der Waals surface area (Å²) >= 11 is 0. The van der Waals surface area contributed by atoms with Gasteiger partial charge < -0.3 is 15.8 Å². The molecular weight excluding hydrogens is 216 g/mol. The standard InChI is InChI=1S/C12H16N4O/c1-8(6-17-2)16-12-10-4-3-9(13)5-11(10)14-7-15-12/h3-5,7-8H,6,13H2,1-2H3,(H,14,15,16). The topological polar surface area (TPSA) is 73.1 Å². The number of nitrogens with two attached hydrogens (primary N) is 1. The van der Waals surface area contributed by atoms with Crippen LogP contribution < -0.4 is 11.1 Å². The van der Waals surface area contributed by atoms with E-state index in [1.807, 2.05) is 25.1 Å². The van der Waals surface area contributed by atoms with Crippen LogP contribution in [0.2, 0.25) is 0 Å². The Balaban J connectivity index is 2.34. The Bertz CT molecular complexity index is 515. The molecule has 1 aromatic heterocycles. The van der Waals surface area contributed by atoms with Gasteiger partial charge in [0.05, 0.1) is 12.1 Å². The Kier molecular flexibility index (Phi) is 3.39. The SMILES string of the molecule is COCC(C)Nc1ncnc2cc(N)ccc12. The quantitative estimate of drug-likeness (QED) is 0.784. The van der Waals surface area contributed by atoms with Gasteiger partial charge in [0, 0.05) is 24.2 Å². The van der Waals surface area contributed by atoms with Gasteiger partial charge in [-0.15, -0.1) is 0 Å². The fourth-order valence-electron chi connectivity index (χ4n) is 1.71. The highest BCUT2D eigenvalue weighted by Gasteiger charge is 2.07. The van der Waals surface area contributed by atoms with Crippen LogP contribution >= 0.6 is 0 Å². The number of fused-ring (bicyclic) bond motifs is 1. The minimum Gasteiger partial charge on any atom is -0.399 e. The highest BCUT2D eigenvalue weighted by Crippen LogP contribution is 2.21. The second-order valence-corrected chi connectivity index (χ2v) is 4.00. The minimum atomic E-state index is 0.190. The van der Waals surface area contributed by atoms with E-state index in [-0.39, 0.29) is 6.04 Å². The van der Waals surface area contributed by atoms with E-state index in [0.29, 0.717) is 12.3 Å². The molecule has 1 aromatic carbocycles. The lowest BCUT2D eigenvalue weighted by Gasteiger charge is -2.14. The number of nitrogen functional groups attached to an aromatic ring is 1. The molecule has 90 valence electrons. The molecule has 0 spiro atoms. The molecule has 0 aliphatic heterocycles. The average molecular weight is 232 g/mol. The van der Waals surface area contributed by atoms with E-state index in [2.05, 4.69) is 15.3 Å². The van der Waals surface area contributed by atoms with Crippen LogP contribution in [0.3, 0.4) is 0 Å². The van der Waals surface area contributed by atoms with Crippen molar-refractivity contribution in [2.24, 2.45) is 0 Å². The van der Waals surface area contributed by atoms with Crippen LogP contribution in [0.1, 0.15) is 6.92 Å². The number of hydrogen-bond donors (Lipinski definition) is 2. The first kappa shape index (κ1) is 11.6. The van der Waals surface area contributed by atoms with E-state index in [1.54, 1.807) is 7.11 Å². The lowest BCUT2D eigenvalue weighted by atomic mass is 10.2. The van der Waals surface area contributed by atoms with Crippen molar-refractivity contribution in [2.45, 2.75) is 13.0 Å². The molecule has 1 unspecified atom stereocenters. The van der Waals surface area contributed by atoms with Crippen LogP contribution in [0.4, 0.5) is 11.5 Å². The summed E-state index contributed by atoms with van der Waals surface area (Å²) in [6.07, 6.45) is 1.53. The first-order chi connectivity index (χ1) is 8.20. The van der Waals surface area contributed by atoms with Gasteiger partial charge in [0.25, 0.3) is 0 Å². The van der Waals surface area contributed by atoms with E-state index in [1.165, 1.54) is 6.33 Å². The molecule has 1 atom stereocenters. The molecule has 0 saturated carbocycles. The second-order valence-electron chi connectivity index (χ2n) is 4.00. The predicted molar refractivity (Wildman–Crippen MR) is 68.9 cm³/mol. The maximum atomic E-state index is 5.72. The van der Waals surface area contributed by atoms with Gasteiger partial charge in [-0.1, -0.05) is 0 Å². The number of hydrogen-bond acceptors (Lipinski definition) is 5. The molecule has 5 nitrogen and oxygen atoms in total. The van der Waals surface area contributed by atoms with Crippen molar-refractivity contribution >= 4 is 22.4 Å². The molecule has 3 N–H and O–H groups in total. The number of aromatic nitrogens is 2. The first-order valence-corrected chi connectivity index (χ1v) is 5.46. The summed E-state index contributed by atoms with van der Waals surface area (Å²) in [5.41, 5.74) is 7.26. The Hall–Kier alpha value is -1.88. The maximum Gasteiger partial charge on any atom is 0.137 e. The molecule has 0 fully saturated rings. The number of methoxy groups -OCH3 is 1. The largest absolute Gasteiger partial charge is 0.399 e. The van der Waals surface area contributed by atoms with E-state index in [4.69, 9.17) is 10.5 Å². The summed E-state index contributed by atoms with van der Waals surface area (Å²) in [6, 6.07) is 5.80. The van der Waals surface area contributed by atoms with E-state index >= 15 is 0 Å². The van der Waals surface area contributed by atoms with Crippen LogP contribution in [0.25, 0.3) is 10.9 Å². The summed E-state index contributed by atoms with van der Waals surface area (Å²) in [4.78, 5) is 8.43. The Morgan fingerprint density at radius 2 is 2.24 bits per heavy atom.